The van der Waals surface area contributed by atoms with Crippen LogP contribution < -0.4 is 10.2 Å². The zero-order chi connectivity index (χ0) is 17.8. The Balaban J connectivity index is 1.58. The van der Waals surface area contributed by atoms with E-state index in [1.54, 1.807) is 6.33 Å². The van der Waals surface area contributed by atoms with Crippen molar-refractivity contribution in [1.29, 1.82) is 0 Å². The highest BCUT2D eigenvalue weighted by atomic mass is 35.5. The minimum absolute atomic E-state index is 0.185. The van der Waals surface area contributed by atoms with Gasteiger partial charge in [0, 0.05) is 30.9 Å². The third kappa shape index (κ3) is 4.19. The van der Waals surface area contributed by atoms with Gasteiger partial charge in [0.25, 0.3) is 0 Å². The molecule has 1 N–H and O–H groups in total. The van der Waals surface area contributed by atoms with E-state index in [-0.39, 0.29) is 11.2 Å². The van der Waals surface area contributed by atoms with E-state index in [1.807, 2.05) is 0 Å². The number of ether oxygens (including phenoxy) is 1. The van der Waals surface area contributed by atoms with Crippen molar-refractivity contribution in [3.8, 4) is 0 Å². The molecule has 0 unspecified atom stereocenters. The molecule has 1 saturated heterocycles. The first-order chi connectivity index (χ1) is 12.1. The van der Waals surface area contributed by atoms with Gasteiger partial charge in [-0.15, -0.1) is 0 Å². The molecule has 0 radical (unpaired) electrons. The number of hydrogen-bond acceptors (Lipinski definition) is 8. The lowest BCUT2D eigenvalue weighted by atomic mass is 10.1. The van der Waals surface area contributed by atoms with Crippen molar-refractivity contribution in [2.45, 2.75) is 32.2 Å². The molecule has 1 aliphatic rings. The van der Waals surface area contributed by atoms with Gasteiger partial charge in [-0.05, 0) is 19.3 Å². The number of thiazole rings is 1. The van der Waals surface area contributed by atoms with Crippen molar-refractivity contribution in [3.63, 3.8) is 0 Å². The van der Waals surface area contributed by atoms with Crippen LogP contribution in [0.25, 0.3) is 0 Å². The molecule has 0 amide bonds. The number of rotatable bonds is 5. The summed E-state index contributed by atoms with van der Waals surface area (Å²) in [6.45, 7) is 3.89. The zero-order valence-corrected chi connectivity index (χ0v) is 15.7. The van der Waals surface area contributed by atoms with E-state index in [0.29, 0.717) is 10.0 Å². The summed E-state index contributed by atoms with van der Waals surface area (Å²) in [5, 5.41) is 4.21. The molecule has 1 fully saturated rings. The molecule has 0 atom stereocenters. The highest BCUT2D eigenvalue weighted by Gasteiger charge is 2.23. The summed E-state index contributed by atoms with van der Waals surface area (Å²) in [5.41, 5.74) is 1.05. The minimum atomic E-state index is -0.458. The van der Waals surface area contributed by atoms with E-state index < -0.39 is 5.97 Å². The summed E-state index contributed by atoms with van der Waals surface area (Å²) in [5.74, 6) is 0.524. The van der Waals surface area contributed by atoms with Crippen molar-refractivity contribution in [2.24, 2.45) is 0 Å². The van der Waals surface area contributed by atoms with Gasteiger partial charge < -0.3 is 15.0 Å². The van der Waals surface area contributed by atoms with Crippen LogP contribution in [0.15, 0.2) is 12.4 Å². The predicted octanol–water partition coefficient (Wildman–Crippen LogP) is 3.02. The van der Waals surface area contributed by atoms with Crippen molar-refractivity contribution >= 4 is 39.9 Å². The highest BCUT2D eigenvalue weighted by Crippen LogP contribution is 2.29. The zero-order valence-electron chi connectivity index (χ0n) is 14.2. The number of esters is 1. The van der Waals surface area contributed by atoms with Gasteiger partial charge in [-0.25, -0.2) is 19.7 Å². The molecule has 9 heteroatoms. The molecule has 2 aromatic heterocycles. The summed E-state index contributed by atoms with van der Waals surface area (Å²) in [4.78, 5) is 27.0. The molecule has 2 aromatic rings. The van der Waals surface area contributed by atoms with Crippen LogP contribution in [-0.4, -0.2) is 47.2 Å². The fourth-order valence-electron chi connectivity index (χ4n) is 2.76. The third-order valence-electron chi connectivity index (χ3n) is 4.17. The average molecular weight is 382 g/mol. The van der Waals surface area contributed by atoms with Gasteiger partial charge in [-0.2, -0.15) is 0 Å². The Morgan fingerprint density at radius 3 is 2.88 bits per heavy atom. The van der Waals surface area contributed by atoms with E-state index in [2.05, 4.69) is 38.2 Å². The number of carbonyl (C=O) groups excluding carboxylic acids is 1. The van der Waals surface area contributed by atoms with Crippen molar-refractivity contribution < 1.29 is 9.53 Å². The van der Waals surface area contributed by atoms with Crippen molar-refractivity contribution in [2.75, 3.05) is 30.4 Å². The lowest BCUT2D eigenvalue weighted by molar-refractivity contribution is 0.0606. The Morgan fingerprint density at radius 2 is 2.20 bits per heavy atom. The first kappa shape index (κ1) is 17.9. The van der Waals surface area contributed by atoms with Crippen LogP contribution in [-0.2, 0) is 11.2 Å². The highest BCUT2D eigenvalue weighted by molar-refractivity contribution is 7.18. The lowest BCUT2D eigenvalue weighted by Gasteiger charge is -2.33. The number of nitrogens with one attached hydrogen (secondary N) is 1. The number of carbonyl (C=O) groups is 1. The molecule has 1 aliphatic heterocycles. The summed E-state index contributed by atoms with van der Waals surface area (Å²) in [7, 11) is 1.33. The smallest absolute Gasteiger partial charge is 0.351 e. The quantitative estimate of drug-likeness (QED) is 0.797. The maximum absolute atomic E-state index is 11.6. The molecular formula is C16H20ClN5O2S. The molecule has 7 nitrogen and oxygen atoms in total. The maximum atomic E-state index is 11.6. The molecule has 25 heavy (non-hydrogen) atoms. The fraction of sp³-hybridized carbons (Fsp3) is 0.500. The summed E-state index contributed by atoms with van der Waals surface area (Å²) in [6, 6.07) is 2.34. The Hall–Kier alpha value is -1.93. The number of aromatic nitrogens is 3. The van der Waals surface area contributed by atoms with Crippen LogP contribution in [0.5, 0.6) is 0 Å². The standard InChI is InChI=1S/C16H20ClN5O2S/c1-3-10-8-12(19-9-18-10)22-6-4-11(5-7-22)20-16-21-14(17)13(25-16)15(23)24-2/h8-9,11H,3-7H2,1-2H3,(H,20,21). The Morgan fingerprint density at radius 1 is 1.44 bits per heavy atom. The Bertz CT molecular complexity index is 746. The molecule has 0 aromatic carbocycles. The number of piperidine rings is 1. The molecule has 0 bridgehead atoms. The van der Waals surface area contributed by atoms with Crippen LogP contribution in [0.4, 0.5) is 10.9 Å². The molecule has 0 spiro atoms. The monoisotopic (exact) mass is 381 g/mol. The van der Waals surface area contributed by atoms with Crippen molar-refractivity contribution in [3.05, 3.63) is 28.1 Å². The SMILES string of the molecule is CCc1cc(N2CCC(Nc3nc(Cl)c(C(=O)OC)s3)CC2)ncn1. The summed E-state index contributed by atoms with van der Waals surface area (Å²) >= 11 is 7.23. The molecule has 134 valence electrons. The summed E-state index contributed by atoms with van der Waals surface area (Å²) in [6.07, 6.45) is 4.44. The third-order valence-corrected chi connectivity index (χ3v) is 5.53. The second-order valence-electron chi connectivity index (χ2n) is 5.76. The number of aryl methyl sites for hydroxylation is 1. The number of hydrogen-bond donors (Lipinski definition) is 1. The molecule has 0 saturated carbocycles. The number of halogens is 1. The second kappa shape index (κ2) is 7.97. The maximum Gasteiger partial charge on any atom is 0.351 e. The van der Waals surface area contributed by atoms with Gasteiger partial charge in [-0.3, -0.25) is 0 Å². The molecule has 0 aliphatic carbocycles. The first-order valence-corrected chi connectivity index (χ1v) is 9.37. The van der Waals surface area contributed by atoms with E-state index in [0.717, 1.165) is 43.9 Å². The molecule has 3 rings (SSSR count). The Labute approximate surface area is 155 Å². The van der Waals surface area contributed by atoms with E-state index in [1.165, 1.54) is 18.4 Å². The van der Waals surface area contributed by atoms with Gasteiger partial charge in [0.15, 0.2) is 15.2 Å². The van der Waals surface area contributed by atoms with Gasteiger partial charge in [0.1, 0.15) is 12.1 Å². The van der Waals surface area contributed by atoms with E-state index >= 15 is 0 Å². The average Bonchev–Trinajstić information content (AvgIpc) is 3.02. The molecular weight excluding hydrogens is 362 g/mol. The van der Waals surface area contributed by atoms with Crippen LogP contribution in [0.2, 0.25) is 5.15 Å². The first-order valence-electron chi connectivity index (χ1n) is 8.17. The number of methoxy groups -OCH3 is 1. The number of anilines is 2. The van der Waals surface area contributed by atoms with Crippen LogP contribution in [0.3, 0.4) is 0 Å². The van der Waals surface area contributed by atoms with Gasteiger partial charge >= 0.3 is 5.97 Å². The summed E-state index contributed by atoms with van der Waals surface area (Å²) < 4.78 is 4.70. The fourth-order valence-corrected chi connectivity index (χ4v) is 3.94. The Kier molecular flexibility index (Phi) is 5.70. The van der Waals surface area contributed by atoms with Gasteiger partial charge in [0.2, 0.25) is 0 Å². The minimum Gasteiger partial charge on any atom is -0.465 e. The predicted molar refractivity (Wildman–Crippen MR) is 98.7 cm³/mol. The molecule has 3 heterocycles. The van der Waals surface area contributed by atoms with E-state index in [4.69, 9.17) is 16.3 Å². The van der Waals surface area contributed by atoms with Crippen LogP contribution in [0.1, 0.15) is 35.1 Å². The van der Waals surface area contributed by atoms with E-state index in [9.17, 15) is 4.79 Å². The van der Waals surface area contributed by atoms with Gasteiger partial charge in [0.05, 0.1) is 7.11 Å². The number of nitrogens with zero attached hydrogens (tertiary/aromatic N) is 4. The van der Waals surface area contributed by atoms with Crippen LogP contribution in [0, 0.1) is 0 Å². The topological polar surface area (TPSA) is 80.2 Å². The van der Waals surface area contributed by atoms with Gasteiger partial charge in [-0.1, -0.05) is 29.9 Å². The van der Waals surface area contributed by atoms with Crippen LogP contribution >= 0.6 is 22.9 Å². The van der Waals surface area contributed by atoms with Crippen molar-refractivity contribution in [1.82, 2.24) is 15.0 Å². The lowest BCUT2D eigenvalue weighted by Crippen LogP contribution is -2.39. The normalized spacial score (nSPS) is 15.2. The largest absolute Gasteiger partial charge is 0.465 e. The second-order valence-corrected chi connectivity index (χ2v) is 7.11.